The largest absolute Gasteiger partial charge is 0.481 e. The van der Waals surface area contributed by atoms with Crippen molar-refractivity contribution in [2.24, 2.45) is 45.8 Å². The van der Waals surface area contributed by atoms with Crippen LogP contribution < -0.4 is 5.32 Å². The Labute approximate surface area is 183 Å². The van der Waals surface area contributed by atoms with E-state index in [2.05, 4.69) is 40.1 Å². The Hall–Kier alpha value is -0.610. The molecule has 0 aromatic rings. The third-order valence-electron chi connectivity index (χ3n) is 11.5. The molecule has 0 spiro atoms. The minimum absolute atomic E-state index is 0.120. The molecule has 4 aliphatic rings. The normalized spacial score (nSPS) is 51.5. The number of nitrogens with one attached hydrogen (secondary N) is 1. The number of fused-ring (bicyclic) bond motifs is 5. The highest BCUT2D eigenvalue weighted by Crippen LogP contribution is 2.73. The van der Waals surface area contributed by atoms with Crippen molar-refractivity contribution in [1.82, 2.24) is 5.32 Å². The standard InChI is InChI=1S/C26H45NO3/c1-16(6-7-23(29)30)18-9-12-26(4)20-15-22(27-5)21-14-17(28)8-11-24(21,2)19(20)10-13-25(18,26)3/h16-22,27-28H,6-15H2,1-5H3,(H,29,30)/t16-,17-,18-,19+,20-,21+,22?,24-,25-,26+/m1/s1. The van der Waals surface area contributed by atoms with Crippen LogP contribution in [0.1, 0.15) is 91.9 Å². The van der Waals surface area contributed by atoms with Gasteiger partial charge in [0.25, 0.3) is 0 Å². The molecule has 0 bridgehead atoms. The Balaban J connectivity index is 1.63. The average molecular weight is 420 g/mol. The summed E-state index contributed by atoms with van der Waals surface area (Å²) in [6.45, 7) is 10.0. The summed E-state index contributed by atoms with van der Waals surface area (Å²) in [6, 6.07) is 0.508. The molecule has 4 rings (SSSR count). The molecule has 0 aromatic carbocycles. The summed E-state index contributed by atoms with van der Waals surface area (Å²) in [4.78, 5) is 11.2. The van der Waals surface area contributed by atoms with E-state index in [0.717, 1.165) is 31.1 Å². The number of aliphatic hydroxyl groups is 1. The minimum atomic E-state index is -0.654. The molecule has 3 N–H and O–H groups in total. The summed E-state index contributed by atoms with van der Waals surface area (Å²) in [5.41, 5.74) is 1.01. The van der Waals surface area contributed by atoms with Crippen molar-refractivity contribution in [3.8, 4) is 0 Å². The summed E-state index contributed by atoms with van der Waals surface area (Å²) < 4.78 is 0. The average Bonchev–Trinajstić information content (AvgIpc) is 2.98. The van der Waals surface area contributed by atoms with Gasteiger partial charge in [0, 0.05) is 12.5 Å². The van der Waals surface area contributed by atoms with Gasteiger partial charge in [-0.2, -0.15) is 0 Å². The second kappa shape index (κ2) is 7.76. The molecule has 0 saturated heterocycles. The first-order chi connectivity index (χ1) is 14.1. The van der Waals surface area contributed by atoms with Gasteiger partial charge in [-0.05, 0) is 111 Å². The van der Waals surface area contributed by atoms with Crippen LogP contribution in [0.2, 0.25) is 0 Å². The van der Waals surface area contributed by atoms with Crippen LogP contribution in [-0.4, -0.2) is 35.4 Å². The van der Waals surface area contributed by atoms with Gasteiger partial charge in [0.2, 0.25) is 0 Å². The van der Waals surface area contributed by atoms with Crippen molar-refractivity contribution < 1.29 is 15.0 Å². The van der Waals surface area contributed by atoms with Crippen molar-refractivity contribution >= 4 is 5.97 Å². The zero-order valence-corrected chi connectivity index (χ0v) is 19.9. The molecule has 0 aliphatic heterocycles. The molecule has 30 heavy (non-hydrogen) atoms. The van der Waals surface area contributed by atoms with Crippen LogP contribution in [0.3, 0.4) is 0 Å². The molecule has 4 nitrogen and oxygen atoms in total. The quantitative estimate of drug-likeness (QED) is 0.580. The fraction of sp³-hybridized carbons (Fsp3) is 0.962. The lowest BCUT2D eigenvalue weighted by Crippen LogP contribution is -2.63. The van der Waals surface area contributed by atoms with Crippen LogP contribution in [-0.2, 0) is 4.79 Å². The van der Waals surface area contributed by atoms with Crippen LogP contribution >= 0.6 is 0 Å². The Morgan fingerprint density at radius 1 is 1.00 bits per heavy atom. The van der Waals surface area contributed by atoms with E-state index in [1.54, 1.807) is 0 Å². The maximum Gasteiger partial charge on any atom is 0.303 e. The molecule has 10 atom stereocenters. The molecule has 4 aliphatic carbocycles. The van der Waals surface area contributed by atoms with Crippen molar-refractivity contribution in [3.63, 3.8) is 0 Å². The van der Waals surface area contributed by atoms with Gasteiger partial charge in [0.05, 0.1) is 6.10 Å². The minimum Gasteiger partial charge on any atom is -0.481 e. The number of hydrogen-bond acceptors (Lipinski definition) is 3. The van der Waals surface area contributed by atoms with Gasteiger partial charge in [0.1, 0.15) is 0 Å². The van der Waals surface area contributed by atoms with Gasteiger partial charge in [-0.1, -0.05) is 27.7 Å². The number of aliphatic carboxylic acids is 1. The van der Waals surface area contributed by atoms with E-state index in [1.165, 1.54) is 38.5 Å². The maximum absolute atomic E-state index is 11.2. The highest BCUT2D eigenvalue weighted by molar-refractivity contribution is 5.66. The lowest BCUT2D eigenvalue weighted by molar-refractivity contribution is -0.174. The van der Waals surface area contributed by atoms with Crippen LogP contribution in [0.5, 0.6) is 0 Å². The van der Waals surface area contributed by atoms with E-state index in [1.807, 2.05) is 0 Å². The third-order valence-corrected chi connectivity index (χ3v) is 11.5. The summed E-state index contributed by atoms with van der Waals surface area (Å²) in [5.74, 6) is 2.58. The summed E-state index contributed by atoms with van der Waals surface area (Å²) in [6.07, 6.45) is 10.5. The molecule has 4 fully saturated rings. The third kappa shape index (κ3) is 3.18. The molecule has 0 amide bonds. The van der Waals surface area contributed by atoms with Gasteiger partial charge < -0.3 is 15.5 Å². The maximum atomic E-state index is 11.2. The monoisotopic (exact) mass is 419 g/mol. The van der Waals surface area contributed by atoms with E-state index in [0.29, 0.717) is 46.5 Å². The smallest absolute Gasteiger partial charge is 0.303 e. The molecule has 4 heteroatoms. The van der Waals surface area contributed by atoms with Crippen LogP contribution in [0.25, 0.3) is 0 Å². The summed E-state index contributed by atoms with van der Waals surface area (Å²) in [5, 5.41) is 23.3. The van der Waals surface area contributed by atoms with E-state index in [-0.39, 0.29) is 6.10 Å². The molecule has 1 unspecified atom stereocenters. The van der Waals surface area contributed by atoms with Crippen LogP contribution in [0, 0.1) is 45.8 Å². The van der Waals surface area contributed by atoms with Gasteiger partial charge in [-0.3, -0.25) is 4.79 Å². The van der Waals surface area contributed by atoms with E-state index < -0.39 is 5.97 Å². The summed E-state index contributed by atoms with van der Waals surface area (Å²) in [7, 11) is 2.13. The van der Waals surface area contributed by atoms with Crippen molar-refractivity contribution in [2.75, 3.05) is 7.05 Å². The lowest BCUT2D eigenvalue weighted by Gasteiger charge is -2.66. The number of aliphatic hydroxyl groups excluding tert-OH is 1. The Morgan fingerprint density at radius 3 is 2.37 bits per heavy atom. The number of carboxylic acids is 1. The summed E-state index contributed by atoms with van der Waals surface area (Å²) >= 11 is 0. The van der Waals surface area contributed by atoms with Gasteiger partial charge in [-0.25, -0.2) is 0 Å². The number of hydrogen-bond donors (Lipinski definition) is 3. The van der Waals surface area contributed by atoms with Gasteiger partial charge >= 0.3 is 5.97 Å². The zero-order valence-electron chi connectivity index (χ0n) is 19.9. The molecular weight excluding hydrogens is 374 g/mol. The highest BCUT2D eigenvalue weighted by Gasteiger charge is 2.67. The fourth-order valence-corrected chi connectivity index (χ4v) is 9.53. The number of rotatable bonds is 5. The van der Waals surface area contributed by atoms with Gasteiger partial charge in [0.15, 0.2) is 0 Å². The number of carboxylic acid groups (broad SMARTS) is 1. The fourth-order valence-electron chi connectivity index (χ4n) is 9.53. The predicted molar refractivity (Wildman–Crippen MR) is 120 cm³/mol. The van der Waals surface area contributed by atoms with E-state index >= 15 is 0 Å². The SMILES string of the molecule is CNC1C[C@@H]2[C@H](CC[C@]3(C)[C@@H]([C@H](C)CCC(=O)O)CC[C@@]23C)[C@@]2(C)CC[C@@H](O)C[C@@H]12. The van der Waals surface area contributed by atoms with Crippen molar-refractivity contribution in [1.29, 1.82) is 0 Å². The zero-order chi connectivity index (χ0) is 21.9. The van der Waals surface area contributed by atoms with Crippen LogP contribution in [0.4, 0.5) is 0 Å². The molecule has 0 aromatic heterocycles. The Kier molecular flexibility index (Phi) is 5.84. The number of carbonyl (C=O) groups is 1. The molecule has 172 valence electrons. The lowest BCUT2D eigenvalue weighted by atomic mass is 9.39. The predicted octanol–water partition coefficient (Wildman–Crippen LogP) is 5.10. The van der Waals surface area contributed by atoms with Crippen molar-refractivity contribution in [3.05, 3.63) is 0 Å². The van der Waals surface area contributed by atoms with Crippen LogP contribution in [0.15, 0.2) is 0 Å². The molecule has 4 saturated carbocycles. The highest BCUT2D eigenvalue weighted by atomic mass is 16.4. The van der Waals surface area contributed by atoms with Gasteiger partial charge in [-0.15, -0.1) is 0 Å². The first-order valence-corrected chi connectivity index (χ1v) is 12.6. The molecular formula is C26H45NO3. The first kappa shape index (κ1) is 22.6. The topological polar surface area (TPSA) is 69.6 Å². The molecule has 0 radical (unpaired) electrons. The van der Waals surface area contributed by atoms with Crippen molar-refractivity contribution in [2.45, 2.75) is 104 Å². The Morgan fingerprint density at radius 2 is 1.70 bits per heavy atom. The van der Waals surface area contributed by atoms with E-state index in [9.17, 15) is 15.0 Å². The van der Waals surface area contributed by atoms with E-state index in [4.69, 9.17) is 0 Å². The second-order valence-corrected chi connectivity index (χ2v) is 12.3. The first-order valence-electron chi connectivity index (χ1n) is 12.6. The Bertz CT molecular complexity index is 667. The second-order valence-electron chi connectivity index (χ2n) is 12.3. The molecule has 0 heterocycles.